The summed E-state index contributed by atoms with van der Waals surface area (Å²) in [5.74, 6) is -4.12. The van der Waals surface area contributed by atoms with Gasteiger partial charge >= 0.3 is 12.0 Å². The molecule has 0 fully saturated rings. The van der Waals surface area contributed by atoms with Gasteiger partial charge in [-0.05, 0) is 12.1 Å². The normalized spacial score (nSPS) is 22.0. The Morgan fingerprint density at radius 1 is 0.840 bits per heavy atom. The van der Waals surface area contributed by atoms with Crippen LogP contribution in [0.4, 0.5) is 13.2 Å². The number of hydrogen-bond acceptors (Lipinski definition) is 3. The van der Waals surface area contributed by atoms with Gasteiger partial charge in [-0.3, -0.25) is 4.79 Å². The first-order valence-electron chi connectivity index (χ1n) is 7.48. The molecule has 2 aromatic carbocycles. The van der Waals surface area contributed by atoms with Gasteiger partial charge < -0.3 is 9.47 Å². The number of halogens is 3. The third kappa shape index (κ3) is 2.33. The average Bonchev–Trinajstić information content (AvgIpc) is 2.60. The lowest BCUT2D eigenvalue weighted by Gasteiger charge is -2.41. The van der Waals surface area contributed by atoms with Gasteiger partial charge in [-0.1, -0.05) is 48.5 Å². The van der Waals surface area contributed by atoms with Crippen molar-refractivity contribution < 1.29 is 27.4 Å². The molecule has 126 valence electrons. The molecule has 2 aliphatic heterocycles. The fourth-order valence-electron chi connectivity index (χ4n) is 2.86. The number of carbonyl (C=O) groups excluding carboxylic acids is 1. The monoisotopic (exact) mass is 344 g/mol. The SMILES string of the molecule is O=C1C=C(c2ccccc2)OC2(C(F)(F)F)Oc3ccccc3C=C12. The molecule has 3 nitrogen and oxygen atoms in total. The summed E-state index contributed by atoms with van der Waals surface area (Å²) in [4.78, 5) is 12.5. The Morgan fingerprint density at radius 3 is 2.24 bits per heavy atom. The van der Waals surface area contributed by atoms with Crippen LogP contribution in [-0.4, -0.2) is 17.7 Å². The molecule has 6 heteroatoms. The van der Waals surface area contributed by atoms with Crippen LogP contribution in [0, 0.1) is 0 Å². The number of para-hydroxylation sites is 1. The number of alkyl halides is 3. The van der Waals surface area contributed by atoms with Crippen LogP contribution in [-0.2, 0) is 9.53 Å². The first-order valence-corrected chi connectivity index (χ1v) is 7.48. The maximum absolute atomic E-state index is 14.0. The molecule has 0 N–H and O–H groups in total. The van der Waals surface area contributed by atoms with Gasteiger partial charge in [-0.2, -0.15) is 13.2 Å². The standard InChI is InChI=1S/C19H11F3O3/c20-19(21,22)18-14(10-13-8-4-5-9-16(13)24-18)15(23)11-17(25-18)12-6-2-1-3-7-12/h1-11H. The molecular weight excluding hydrogens is 333 g/mol. The zero-order chi connectivity index (χ0) is 17.7. The second-order valence-electron chi connectivity index (χ2n) is 5.65. The van der Waals surface area contributed by atoms with Crippen molar-refractivity contribution in [1.29, 1.82) is 0 Å². The Labute approximate surface area is 141 Å². The number of ketones is 1. The minimum atomic E-state index is -4.95. The van der Waals surface area contributed by atoms with Gasteiger partial charge in [0, 0.05) is 17.2 Å². The fraction of sp³-hybridized carbons (Fsp3) is 0.105. The molecule has 0 amide bonds. The van der Waals surface area contributed by atoms with Gasteiger partial charge in [0.2, 0.25) is 0 Å². The van der Waals surface area contributed by atoms with Crippen LogP contribution in [0.5, 0.6) is 5.75 Å². The molecule has 0 aromatic heterocycles. The molecule has 2 heterocycles. The Bertz CT molecular complexity index is 913. The predicted molar refractivity (Wildman–Crippen MR) is 84.3 cm³/mol. The van der Waals surface area contributed by atoms with Crippen LogP contribution in [0.2, 0.25) is 0 Å². The predicted octanol–water partition coefficient (Wildman–Crippen LogP) is 4.36. The van der Waals surface area contributed by atoms with E-state index in [0.29, 0.717) is 11.1 Å². The van der Waals surface area contributed by atoms with Crippen molar-refractivity contribution in [2.75, 3.05) is 0 Å². The molecule has 0 bridgehead atoms. The Hall–Kier alpha value is -3.02. The number of rotatable bonds is 1. The average molecular weight is 344 g/mol. The van der Waals surface area contributed by atoms with Gasteiger partial charge in [0.05, 0.1) is 5.57 Å². The van der Waals surface area contributed by atoms with Gasteiger partial charge in [0.1, 0.15) is 11.5 Å². The molecule has 25 heavy (non-hydrogen) atoms. The third-order valence-electron chi connectivity index (χ3n) is 4.04. The van der Waals surface area contributed by atoms with E-state index in [4.69, 9.17) is 9.47 Å². The van der Waals surface area contributed by atoms with Gasteiger partial charge in [-0.15, -0.1) is 0 Å². The Kier molecular flexibility index (Phi) is 3.25. The summed E-state index contributed by atoms with van der Waals surface area (Å²) < 4.78 is 52.4. The lowest BCUT2D eigenvalue weighted by Crippen LogP contribution is -2.57. The van der Waals surface area contributed by atoms with E-state index in [9.17, 15) is 18.0 Å². The van der Waals surface area contributed by atoms with Crippen LogP contribution < -0.4 is 4.74 Å². The van der Waals surface area contributed by atoms with Crippen molar-refractivity contribution in [1.82, 2.24) is 0 Å². The van der Waals surface area contributed by atoms with E-state index in [1.54, 1.807) is 48.5 Å². The molecule has 0 saturated carbocycles. The molecule has 1 atom stereocenters. The molecule has 1 unspecified atom stereocenters. The Morgan fingerprint density at radius 2 is 1.52 bits per heavy atom. The van der Waals surface area contributed by atoms with Crippen LogP contribution in [0.1, 0.15) is 11.1 Å². The summed E-state index contributed by atoms with van der Waals surface area (Å²) in [6.45, 7) is 0. The van der Waals surface area contributed by atoms with Crippen molar-refractivity contribution in [3.8, 4) is 5.75 Å². The summed E-state index contributed by atoms with van der Waals surface area (Å²) in [5.41, 5.74) is 0.172. The summed E-state index contributed by atoms with van der Waals surface area (Å²) in [6, 6.07) is 14.3. The van der Waals surface area contributed by atoms with Gasteiger partial charge in [0.25, 0.3) is 0 Å². The molecule has 0 radical (unpaired) electrons. The lowest BCUT2D eigenvalue weighted by atomic mass is 9.91. The minimum Gasteiger partial charge on any atom is -0.440 e. The maximum atomic E-state index is 14.0. The van der Waals surface area contributed by atoms with Crippen LogP contribution in [0.3, 0.4) is 0 Å². The first kappa shape index (κ1) is 15.5. The largest absolute Gasteiger partial charge is 0.473 e. The topological polar surface area (TPSA) is 35.5 Å². The lowest BCUT2D eigenvalue weighted by molar-refractivity contribution is -0.313. The summed E-state index contributed by atoms with van der Waals surface area (Å²) in [7, 11) is 0. The van der Waals surface area contributed by atoms with E-state index >= 15 is 0 Å². The quantitative estimate of drug-likeness (QED) is 0.771. The zero-order valence-electron chi connectivity index (χ0n) is 12.7. The summed E-state index contributed by atoms with van der Waals surface area (Å²) in [5, 5.41) is 0. The van der Waals surface area contributed by atoms with Crippen molar-refractivity contribution >= 4 is 17.6 Å². The first-order chi connectivity index (χ1) is 11.9. The van der Waals surface area contributed by atoms with Crippen LogP contribution in [0.15, 0.2) is 66.2 Å². The Balaban J connectivity index is 1.91. The number of benzene rings is 2. The second-order valence-corrected chi connectivity index (χ2v) is 5.65. The molecular formula is C19H11F3O3. The zero-order valence-corrected chi connectivity index (χ0v) is 12.7. The highest BCUT2D eigenvalue weighted by atomic mass is 19.4. The third-order valence-corrected chi connectivity index (χ3v) is 4.04. The highest BCUT2D eigenvalue weighted by Gasteiger charge is 2.67. The maximum Gasteiger partial charge on any atom is 0.473 e. The van der Waals surface area contributed by atoms with Crippen molar-refractivity contribution in [2.24, 2.45) is 0 Å². The smallest absolute Gasteiger partial charge is 0.440 e. The number of ether oxygens (including phenoxy) is 2. The summed E-state index contributed by atoms with van der Waals surface area (Å²) >= 11 is 0. The van der Waals surface area contributed by atoms with Crippen molar-refractivity contribution in [3.05, 3.63) is 77.4 Å². The van der Waals surface area contributed by atoms with E-state index in [-0.39, 0.29) is 11.5 Å². The molecule has 2 aliphatic rings. The van der Waals surface area contributed by atoms with Crippen molar-refractivity contribution in [3.63, 3.8) is 0 Å². The number of allylic oxidation sites excluding steroid dienone is 1. The van der Waals surface area contributed by atoms with E-state index < -0.39 is 23.3 Å². The molecule has 0 aliphatic carbocycles. The highest BCUT2D eigenvalue weighted by molar-refractivity contribution is 6.13. The summed E-state index contributed by atoms with van der Waals surface area (Å²) in [6.07, 6.45) is -2.72. The second kappa shape index (κ2) is 5.24. The van der Waals surface area contributed by atoms with Crippen molar-refractivity contribution in [2.45, 2.75) is 12.0 Å². The molecule has 0 saturated heterocycles. The minimum absolute atomic E-state index is 0.00527. The van der Waals surface area contributed by atoms with Gasteiger partial charge in [-0.25, -0.2) is 0 Å². The van der Waals surface area contributed by atoms with E-state index in [1.807, 2.05) is 0 Å². The number of hydrogen-bond donors (Lipinski definition) is 0. The van der Waals surface area contributed by atoms with Gasteiger partial charge in [0.15, 0.2) is 5.78 Å². The van der Waals surface area contributed by atoms with E-state index in [1.165, 1.54) is 12.1 Å². The number of carbonyl (C=O) groups is 1. The number of fused-ring (bicyclic) bond motifs is 2. The van der Waals surface area contributed by atoms with Crippen LogP contribution in [0.25, 0.3) is 11.8 Å². The van der Waals surface area contributed by atoms with Crippen LogP contribution >= 0.6 is 0 Å². The molecule has 2 aromatic rings. The van der Waals surface area contributed by atoms with E-state index in [2.05, 4.69) is 0 Å². The molecule has 4 rings (SSSR count). The van der Waals surface area contributed by atoms with E-state index in [0.717, 1.165) is 6.08 Å². The fourth-order valence-corrected chi connectivity index (χ4v) is 2.86. The highest BCUT2D eigenvalue weighted by Crippen LogP contribution is 2.50. The molecule has 0 spiro atoms.